The molecule has 1 atom stereocenters. The second-order valence-corrected chi connectivity index (χ2v) is 10.4. The maximum absolute atomic E-state index is 13.2. The molecule has 1 aromatic carbocycles. The zero-order valence-corrected chi connectivity index (χ0v) is 18.7. The van der Waals surface area contributed by atoms with E-state index in [1.165, 1.54) is 22.0 Å². The van der Waals surface area contributed by atoms with E-state index in [0.29, 0.717) is 38.2 Å². The molecule has 9 heteroatoms. The molecule has 0 N–H and O–H groups in total. The van der Waals surface area contributed by atoms with Crippen molar-refractivity contribution in [2.45, 2.75) is 30.3 Å². The molecule has 4 rings (SSSR count). The second kappa shape index (κ2) is 9.05. The summed E-state index contributed by atoms with van der Waals surface area (Å²) in [5, 5.41) is 4.23. The van der Waals surface area contributed by atoms with E-state index in [0.717, 1.165) is 19.6 Å². The van der Waals surface area contributed by atoms with Crippen molar-refractivity contribution < 1.29 is 17.9 Å². The van der Waals surface area contributed by atoms with Crippen LogP contribution in [-0.4, -0.2) is 74.3 Å². The van der Waals surface area contributed by atoms with E-state index in [4.69, 9.17) is 4.74 Å². The fourth-order valence-electron chi connectivity index (χ4n) is 4.14. The van der Waals surface area contributed by atoms with Crippen LogP contribution in [0.25, 0.3) is 0 Å². The van der Waals surface area contributed by atoms with Crippen molar-refractivity contribution in [3.05, 3.63) is 46.7 Å². The second-order valence-electron chi connectivity index (χ2n) is 7.68. The molecule has 0 spiro atoms. The lowest BCUT2D eigenvalue weighted by atomic mass is 10.2. The van der Waals surface area contributed by atoms with E-state index < -0.39 is 16.1 Å². The summed E-state index contributed by atoms with van der Waals surface area (Å²) in [6.45, 7) is 4.15. The van der Waals surface area contributed by atoms with Gasteiger partial charge >= 0.3 is 0 Å². The minimum absolute atomic E-state index is 0.0697. The van der Waals surface area contributed by atoms with E-state index in [9.17, 15) is 13.2 Å². The SMILES string of the molecule is COc1ccc(S(=O)(=O)N2CCCC2C(=O)N2CCN(Cc3ccsc3)CC2)cc1. The highest BCUT2D eigenvalue weighted by Gasteiger charge is 2.41. The van der Waals surface area contributed by atoms with Crippen molar-refractivity contribution in [3.8, 4) is 5.75 Å². The molecule has 7 nitrogen and oxygen atoms in total. The summed E-state index contributed by atoms with van der Waals surface area (Å²) in [6.07, 6.45) is 1.27. The highest BCUT2D eigenvalue weighted by molar-refractivity contribution is 7.89. The molecule has 0 radical (unpaired) electrons. The van der Waals surface area contributed by atoms with Gasteiger partial charge in [0.1, 0.15) is 11.8 Å². The number of carbonyl (C=O) groups excluding carboxylic acids is 1. The Bertz CT molecular complexity index is 953. The molecule has 2 fully saturated rings. The summed E-state index contributed by atoms with van der Waals surface area (Å²) < 4.78 is 32.8. The predicted molar refractivity (Wildman–Crippen MR) is 116 cm³/mol. The van der Waals surface area contributed by atoms with Gasteiger partial charge in [-0.2, -0.15) is 15.6 Å². The van der Waals surface area contributed by atoms with Crippen molar-refractivity contribution in [2.75, 3.05) is 39.8 Å². The summed E-state index contributed by atoms with van der Waals surface area (Å²) in [5.41, 5.74) is 1.30. The number of piperazine rings is 1. The quantitative estimate of drug-likeness (QED) is 0.677. The average molecular weight is 450 g/mol. The van der Waals surface area contributed by atoms with Crippen LogP contribution in [0.4, 0.5) is 0 Å². The van der Waals surface area contributed by atoms with Crippen molar-refractivity contribution >= 4 is 27.3 Å². The topological polar surface area (TPSA) is 70.2 Å². The Kier molecular flexibility index (Phi) is 6.43. The van der Waals surface area contributed by atoms with E-state index in [1.54, 1.807) is 30.6 Å². The highest BCUT2D eigenvalue weighted by Crippen LogP contribution is 2.28. The van der Waals surface area contributed by atoms with Crippen LogP contribution in [0.5, 0.6) is 5.75 Å². The van der Waals surface area contributed by atoms with E-state index in [1.807, 2.05) is 4.90 Å². The summed E-state index contributed by atoms with van der Waals surface area (Å²) >= 11 is 1.69. The van der Waals surface area contributed by atoms with Crippen LogP contribution in [0, 0.1) is 0 Å². The number of methoxy groups -OCH3 is 1. The van der Waals surface area contributed by atoms with Crippen molar-refractivity contribution in [3.63, 3.8) is 0 Å². The van der Waals surface area contributed by atoms with Gasteiger partial charge in [0.05, 0.1) is 12.0 Å². The molecule has 2 aliphatic heterocycles. The third-order valence-corrected chi connectivity index (χ3v) is 8.48. The van der Waals surface area contributed by atoms with Gasteiger partial charge in [-0.1, -0.05) is 0 Å². The first-order valence-corrected chi connectivity index (χ1v) is 12.6. The number of nitrogens with zero attached hydrogens (tertiary/aromatic N) is 3. The van der Waals surface area contributed by atoms with Crippen LogP contribution in [0.2, 0.25) is 0 Å². The van der Waals surface area contributed by atoms with Crippen LogP contribution < -0.4 is 4.74 Å². The number of amides is 1. The van der Waals surface area contributed by atoms with Crippen LogP contribution in [-0.2, 0) is 21.4 Å². The number of hydrogen-bond donors (Lipinski definition) is 0. The Labute approximate surface area is 181 Å². The van der Waals surface area contributed by atoms with E-state index in [2.05, 4.69) is 21.7 Å². The largest absolute Gasteiger partial charge is 0.497 e. The number of sulfonamides is 1. The van der Waals surface area contributed by atoms with Crippen LogP contribution >= 0.6 is 11.3 Å². The predicted octanol–water partition coefficient (Wildman–Crippen LogP) is 2.25. The van der Waals surface area contributed by atoms with Gasteiger partial charge in [0, 0.05) is 39.3 Å². The lowest BCUT2D eigenvalue weighted by Gasteiger charge is -2.37. The van der Waals surface area contributed by atoms with E-state index in [-0.39, 0.29) is 10.8 Å². The van der Waals surface area contributed by atoms with Gasteiger partial charge in [0.15, 0.2) is 0 Å². The van der Waals surface area contributed by atoms with Crippen LogP contribution in [0.1, 0.15) is 18.4 Å². The van der Waals surface area contributed by atoms with Gasteiger partial charge < -0.3 is 9.64 Å². The molecule has 162 valence electrons. The Hall–Kier alpha value is -1.94. The summed E-state index contributed by atoms with van der Waals surface area (Å²) in [7, 11) is -2.18. The first kappa shape index (κ1) is 21.3. The maximum atomic E-state index is 13.2. The van der Waals surface area contributed by atoms with Crippen molar-refractivity contribution in [1.82, 2.24) is 14.1 Å². The molecule has 1 unspecified atom stereocenters. The molecule has 0 bridgehead atoms. The number of benzene rings is 1. The fraction of sp³-hybridized carbons (Fsp3) is 0.476. The summed E-state index contributed by atoms with van der Waals surface area (Å²) in [4.78, 5) is 17.6. The Morgan fingerprint density at radius 1 is 1.10 bits per heavy atom. The molecule has 3 heterocycles. The lowest BCUT2D eigenvalue weighted by Crippen LogP contribution is -2.54. The van der Waals surface area contributed by atoms with Gasteiger partial charge in [-0.3, -0.25) is 9.69 Å². The smallest absolute Gasteiger partial charge is 0.243 e. The number of thiophene rings is 1. The molecule has 1 aromatic heterocycles. The normalized spacial score (nSPS) is 21.1. The monoisotopic (exact) mass is 449 g/mol. The molecule has 2 aromatic rings. The molecular formula is C21H27N3O4S2. The molecule has 0 aliphatic carbocycles. The Balaban J connectivity index is 1.41. The third-order valence-electron chi connectivity index (χ3n) is 5.83. The zero-order chi connectivity index (χ0) is 21.1. The summed E-state index contributed by atoms with van der Waals surface area (Å²) in [5.74, 6) is 0.531. The van der Waals surface area contributed by atoms with Crippen molar-refractivity contribution in [2.24, 2.45) is 0 Å². The fourth-order valence-corrected chi connectivity index (χ4v) is 6.45. The average Bonchev–Trinajstić information content (AvgIpc) is 3.46. The lowest BCUT2D eigenvalue weighted by molar-refractivity contribution is -0.136. The molecule has 1 amide bonds. The minimum Gasteiger partial charge on any atom is -0.497 e. The number of ether oxygens (including phenoxy) is 1. The highest BCUT2D eigenvalue weighted by atomic mass is 32.2. The van der Waals surface area contributed by atoms with Gasteiger partial charge in [-0.05, 0) is 59.5 Å². The number of hydrogen-bond acceptors (Lipinski definition) is 6. The maximum Gasteiger partial charge on any atom is 0.243 e. The number of rotatable bonds is 6. The molecule has 0 saturated carbocycles. The van der Waals surface area contributed by atoms with Crippen molar-refractivity contribution in [1.29, 1.82) is 0 Å². The minimum atomic E-state index is -3.72. The van der Waals surface area contributed by atoms with Gasteiger partial charge in [-0.25, -0.2) is 8.42 Å². The van der Waals surface area contributed by atoms with Gasteiger partial charge in [0.25, 0.3) is 0 Å². The molecular weight excluding hydrogens is 422 g/mol. The third kappa shape index (κ3) is 4.39. The van der Waals surface area contributed by atoms with Gasteiger partial charge in [0.2, 0.25) is 15.9 Å². The Morgan fingerprint density at radius 3 is 2.47 bits per heavy atom. The first-order valence-electron chi connectivity index (χ1n) is 10.2. The number of carbonyl (C=O) groups is 1. The Morgan fingerprint density at radius 2 is 1.83 bits per heavy atom. The van der Waals surface area contributed by atoms with Crippen LogP contribution in [0.15, 0.2) is 46.0 Å². The van der Waals surface area contributed by atoms with Crippen LogP contribution in [0.3, 0.4) is 0 Å². The van der Waals surface area contributed by atoms with Gasteiger partial charge in [-0.15, -0.1) is 0 Å². The standard InChI is InChI=1S/C21H27N3O4S2/c1-28-18-4-6-19(7-5-18)30(26,27)24-9-2-3-20(24)21(25)23-12-10-22(11-13-23)15-17-8-14-29-16-17/h4-8,14,16,20H,2-3,9-13,15H2,1H3. The zero-order valence-electron chi connectivity index (χ0n) is 17.1. The molecule has 2 aliphatic rings. The molecule has 30 heavy (non-hydrogen) atoms. The summed E-state index contributed by atoms with van der Waals surface area (Å²) in [6, 6.07) is 7.86. The first-order chi connectivity index (χ1) is 14.5. The van der Waals surface area contributed by atoms with E-state index >= 15 is 0 Å². The molecule has 2 saturated heterocycles.